The third kappa shape index (κ3) is 6.00. The molecule has 0 aromatic rings. The van der Waals surface area contributed by atoms with Gasteiger partial charge in [0.15, 0.2) is 0 Å². The molecule has 202 valence electrons. The minimum Gasteiger partial charge on any atom is -0.475 e. The smallest absolute Gasteiger partial charge is 0.408 e. The van der Waals surface area contributed by atoms with E-state index in [9.17, 15) is 29.1 Å². The van der Waals surface area contributed by atoms with Crippen molar-refractivity contribution in [3.63, 3.8) is 0 Å². The quantitative estimate of drug-likeness (QED) is 0.428. The number of likely N-dealkylation sites (tertiary alicyclic amines) is 1. The van der Waals surface area contributed by atoms with Crippen LogP contribution in [-0.2, 0) is 23.9 Å². The van der Waals surface area contributed by atoms with E-state index in [2.05, 4.69) is 10.6 Å². The van der Waals surface area contributed by atoms with Crippen LogP contribution >= 0.6 is 0 Å². The molecule has 3 N–H and O–H groups in total. The Morgan fingerprint density at radius 1 is 1.03 bits per heavy atom. The summed E-state index contributed by atoms with van der Waals surface area (Å²) in [5.41, 5.74) is -1.59. The Bertz CT molecular complexity index is 942. The number of ether oxygens (including phenoxy) is 1. The molecule has 1 heterocycles. The number of piperidine rings is 1. The molecule has 1 aliphatic heterocycles. The van der Waals surface area contributed by atoms with Gasteiger partial charge in [0.1, 0.15) is 17.7 Å². The van der Waals surface area contributed by atoms with Crippen molar-refractivity contribution in [2.45, 2.75) is 98.4 Å². The lowest BCUT2D eigenvalue weighted by Crippen LogP contribution is -2.60. The first kappa shape index (κ1) is 27.9. The zero-order valence-corrected chi connectivity index (χ0v) is 22.6. The van der Waals surface area contributed by atoms with Gasteiger partial charge in [-0.15, -0.1) is 0 Å². The Kier molecular flexibility index (Phi) is 7.24. The summed E-state index contributed by atoms with van der Waals surface area (Å²) in [6, 6.07) is -2.93. The number of hydrogen-bond acceptors (Lipinski definition) is 6. The first-order valence-corrected chi connectivity index (χ1v) is 12.7. The number of Topliss-reactive ketones (excluding diaryl/α,β-unsaturated/α-hetero) is 1. The maximum atomic E-state index is 13.8. The number of fused-ring (bicyclic) bond motifs is 1. The van der Waals surface area contributed by atoms with Crippen LogP contribution in [0.3, 0.4) is 0 Å². The Balaban J connectivity index is 1.83. The molecule has 0 spiro atoms. The van der Waals surface area contributed by atoms with E-state index < -0.39 is 58.8 Å². The van der Waals surface area contributed by atoms with Crippen molar-refractivity contribution in [2.24, 2.45) is 28.6 Å². The third-order valence-corrected chi connectivity index (χ3v) is 7.64. The molecule has 3 fully saturated rings. The molecular formula is C26H41N3O7. The summed E-state index contributed by atoms with van der Waals surface area (Å²) in [4.78, 5) is 65.1. The van der Waals surface area contributed by atoms with Gasteiger partial charge in [-0.05, 0) is 55.8 Å². The van der Waals surface area contributed by atoms with E-state index in [1.165, 1.54) is 4.90 Å². The zero-order chi connectivity index (χ0) is 27.4. The normalized spacial score (nSPS) is 26.3. The Labute approximate surface area is 212 Å². The molecule has 10 nitrogen and oxygen atoms in total. The number of carbonyl (C=O) groups excluding carboxylic acids is 4. The largest absolute Gasteiger partial charge is 0.475 e. The predicted octanol–water partition coefficient (Wildman–Crippen LogP) is 2.35. The summed E-state index contributed by atoms with van der Waals surface area (Å²) < 4.78 is 5.36. The van der Waals surface area contributed by atoms with E-state index in [4.69, 9.17) is 4.74 Å². The number of nitrogens with one attached hydrogen (secondary N) is 2. The SMILES string of the molecule is CC(C)(C)OC(=O)NC(C(=O)N1CC2C(C1C(=O)NC(CC1CC1)C(=O)C(=O)O)C2(C)C)C(C)(C)C. The molecule has 0 radical (unpaired) electrons. The molecule has 1 saturated heterocycles. The number of rotatable bonds is 8. The molecule has 3 aliphatic rings. The van der Waals surface area contributed by atoms with Crippen molar-refractivity contribution in [2.75, 3.05) is 6.54 Å². The number of carbonyl (C=O) groups is 5. The molecule has 10 heteroatoms. The van der Waals surface area contributed by atoms with Crippen molar-refractivity contribution in [3.8, 4) is 0 Å². The maximum Gasteiger partial charge on any atom is 0.408 e. The van der Waals surface area contributed by atoms with E-state index in [0.717, 1.165) is 12.8 Å². The van der Waals surface area contributed by atoms with Crippen LogP contribution in [-0.4, -0.2) is 69.9 Å². The van der Waals surface area contributed by atoms with E-state index in [0.29, 0.717) is 6.54 Å². The number of carboxylic acid groups (broad SMARTS) is 1. The average Bonchev–Trinajstić information content (AvgIpc) is 3.55. The third-order valence-electron chi connectivity index (χ3n) is 7.64. The fourth-order valence-corrected chi connectivity index (χ4v) is 5.38. The maximum absolute atomic E-state index is 13.8. The fourth-order valence-electron chi connectivity index (χ4n) is 5.38. The number of aliphatic carboxylic acids is 1. The molecule has 3 amide bonds. The number of amides is 3. The van der Waals surface area contributed by atoms with Gasteiger partial charge in [0.25, 0.3) is 5.78 Å². The van der Waals surface area contributed by atoms with Gasteiger partial charge in [-0.3, -0.25) is 14.4 Å². The molecule has 2 aliphatic carbocycles. The summed E-state index contributed by atoms with van der Waals surface area (Å²) in [6.45, 7) is 15.1. The van der Waals surface area contributed by atoms with Crippen LogP contribution in [0, 0.1) is 28.6 Å². The lowest BCUT2D eigenvalue weighted by Gasteiger charge is -2.38. The van der Waals surface area contributed by atoms with Gasteiger partial charge in [0.05, 0.1) is 6.04 Å². The number of alkyl carbamates (subject to hydrolysis) is 1. The van der Waals surface area contributed by atoms with E-state index >= 15 is 0 Å². The summed E-state index contributed by atoms with van der Waals surface area (Å²) in [7, 11) is 0. The highest BCUT2D eigenvalue weighted by molar-refractivity contribution is 6.35. The molecule has 5 unspecified atom stereocenters. The number of carboxylic acids is 1. The zero-order valence-electron chi connectivity index (χ0n) is 22.6. The first-order chi connectivity index (χ1) is 16.3. The van der Waals surface area contributed by atoms with Crippen molar-refractivity contribution in [1.29, 1.82) is 0 Å². The number of nitrogens with zero attached hydrogens (tertiary/aromatic N) is 1. The van der Waals surface area contributed by atoms with E-state index in [1.807, 2.05) is 34.6 Å². The summed E-state index contributed by atoms with van der Waals surface area (Å²) >= 11 is 0. The van der Waals surface area contributed by atoms with Crippen molar-refractivity contribution < 1.29 is 33.8 Å². The van der Waals surface area contributed by atoms with Crippen molar-refractivity contribution in [1.82, 2.24) is 15.5 Å². The van der Waals surface area contributed by atoms with Crippen LogP contribution in [0.25, 0.3) is 0 Å². The van der Waals surface area contributed by atoms with Crippen LogP contribution in [0.5, 0.6) is 0 Å². The molecule has 0 aromatic carbocycles. The van der Waals surface area contributed by atoms with Crippen molar-refractivity contribution >= 4 is 29.7 Å². The summed E-state index contributed by atoms with van der Waals surface area (Å²) in [5, 5.41) is 14.6. The molecule has 3 rings (SSSR count). The lowest BCUT2D eigenvalue weighted by molar-refractivity contribution is -0.151. The molecule has 36 heavy (non-hydrogen) atoms. The first-order valence-electron chi connectivity index (χ1n) is 12.7. The Hall–Kier alpha value is -2.65. The molecule has 0 bridgehead atoms. The van der Waals surface area contributed by atoms with Gasteiger partial charge in [-0.1, -0.05) is 47.5 Å². The second kappa shape index (κ2) is 9.34. The van der Waals surface area contributed by atoms with E-state index in [-0.39, 0.29) is 29.6 Å². The minimum atomic E-state index is -1.58. The van der Waals surface area contributed by atoms with Gasteiger partial charge in [0.2, 0.25) is 11.8 Å². The highest BCUT2D eigenvalue weighted by atomic mass is 16.6. The van der Waals surface area contributed by atoms with Gasteiger partial charge in [-0.2, -0.15) is 0 Å². The van der Waals surface area contributed by atoms with Crippen LogP contribution in [0.1, 0.15) is 74.7 Å². The van der Waals surface area contributed by atoms with Gasteiger partial charge < -0.3 is 25.4 Å². The standard InChI is InChI=1S/C26H41N3O7/c1-24(2,3)19(28-23(35)36-25(4,5)6)21(32)29-12-14-16(26(14,7)8)17(29)20(31)27-15(11-13-9-10-13)18(30)22(33)34/h13-17,19H,9-12H2,1-8H3,(H,27,31)(H,28,35)(H,33,34). The van der Waals surface area contributed by atoms with Gasteiger partial charge in [0, 0.05) is 6.54 Å². The topological polar surface area (TPSA) is 142 Å². The van der Waals surface area contributed by atoms with Crippen molar-refractivity contribution in [3.05, 3.63) is 0 Å². The van der Waals surface area contributed by atoms with Crippen LogP contribution in [0.15, 0.2) is 0 Å². The molecule has 5 atom stereocenters. The highest BCUT2D eigenvalue weighted by Gasteiger charge is 2.70. The number of ketones is 1. The Morgan fingerprint density at radius 3 is 2.08 bits per heavy atom. The fraction of sp³-hybridized carbons (Fsp3) is 0.808. The highest BCUT2D eigenvalue weighted by Crippen LogP contribution is 2.65. The molecule has 2 saturated carbocycles. The number of hydrogen-bond donors (Lipinski definition) is 3. The second-order valence-corrected chi connectivity index (χ2v) is 13.2. The van der Waals surface area contributed by atoms with Crippen LogP contribution in [0.2, 0.25) is 0 Å². The average molecular weight is 508 g/mol. The monoisotopic (exact) mass is 507 g/mol. The van der Waals surface area contributed by atoms with Gasteiger partial charge >= 0.3 is 12.1 Å². The van der Waals surface area contributed by atoms with Crippen LogP contribution < -0.4 is 10.6 Å². The lowest BCUT2D eigenvalue weighted by atomic mass is 9.85. The minimum absolute atomic E-state index is 0.0939. The van der Waals surface area contributed by atoms with E-state index in [1.54, 1.807) is 20.8 Å². The predicted molar refractivity (Wildman–Crippen MR) is 131 cm³/mol. The van der Waals surface area contributed by atoms with Crippen LogP contribution in [0.4, 0.5) is 4.79 Å². The second-order valence-electron chi connectivity index (χ2n) is 13.2. The Morgan fingerprint density at radius 2 is 1.61 bits per heavy atom. The summed E-state index contributed by atoms with van der Waals surface area (Å²) in [5.74, 6) is -3.36. The molecular weight excluding hydrogens is 466 g/mol. The molecule has 0 aromatic heterocycles. The summed E-state index contributed by atoms with van der Waals surface area (Å²) in [6.07, 6.45) is 1.35. The van der Waals surface area contributed by atoms with Gasteiger partial charge in [-0.25, -0.2) is 9.59 Å².